The summed E-state index contributed by atoms with van der Waals surface area (Å²) in [4.78, 5) is 0.159. The Balaban J connectivity index is 1.90. The van der Waals surface area contributed by atoms with Crippen molar-refractivity contribution >= 4 is 10.0 Å². The van der Waals surface area contributed by atoms with Crippen LogP contribution in [0.5, 0.6) is 0 Å². The normalized spacial score (nSPS) is 20.1. The second-order valence-corrected chi connectivity index (χ2v) is 6.72. The lowest BCUT2D eigenvalue weighted by Gasteiger charge is -2.21. The van der Waals surface area contributed by atoms with E-state index in [1.807, 2.05) is 0 Å². The van der Waals surface area contributed by atoms with Crippen LogP contribution in [0.2, 0.25) is 0 Å². The highest BCUT2D eigenvalue weighted by molar-refractivity contribution is 7.89. The van der Waals surface area contributed by atoms with Crippen LogP contribution in [0.3, 0.4) is 0 Å². The Hall–Kier alpha value is -0.960. The van der Waals surface area contributed by atoms with E-state index in [1.165, 1.54) is 17.1 Å². The minimum Gasteiger partial charge on any atom is -0.396 e. The first kappa shape index (κ1) is 15.4. The minimum absolute atomic E-state index is 0.0574. The predicted octanol–water partition coefficient (Wildman–Crippen LogP) is -0.0296. The molecule has 2 N–H and O–H groups in total. The van der Waals surface area contributed by atoms with E-state index in [9.17, 15) is 8.42 Å². The van der Waals surface area contributed by atoms with Crippen LogP contribution in [0.25, 0.3) is 0 Å². The summed E-state index contributed by atoms with van der Waals surface area (Å²) in [6.07, 6.45) is 5.32. The molecule has 1 aliphatic heterocycles. The highest BCUT2D eigenvalue weighted by Crippen LogP contribution is 2.14. The molecule has 20 heavy (non-hydrogen) atoms. The van der Waals surface area contributed by atoms with Crippen LogP contribution in [0.1, 0.15) is 19.3 Å². The van der Waals surface area contributed by atoms with Crippen molar-refractivity contribution in [2.75, 3.05) is 26.4 Å². The number of nitrogens with one attached hydrogen (secondary N) is 1. The number of aryl methyl sites for hydroxylation is 1. The van der Waals surface area contributed by atoms with Crippen molar-refractivity contribution in [1.82, 2.24) is 14.5 Å². The molecule has 0 bridgehead atoms. The summed E-state index contributed by atoms with van der Waals surface area (Å²) in [5.41, 5.74) is 0. The summed E-state index contributed by atoms with van der Waals surface area (Å²) in [5, 5.41) is 12.7. The van der Waals surface area contributed by atoms with Gasteiger partial charge in [-0.2, -0.15) is 5.10 Å². The van der Waals surface area contributed by atoms with E-state index in [-0.39, 0.29) is 17.4 Å². The number of ether oxygens (including phenoxy) is 1. The van der Waals surface area contributed by atoms with Gasteiger partial charge in [-0.25, -0.2) is 13.1 Å². The molecule has 1 aliphatic rings. The third-order valence-corrected chi connectivity index (χ3v) is 4.66. The third kappa shape index (κ3) is 4.27. The Bertz CT molecular complexity index is 509. The van der Waals surface area contributed by atoms with Gasteiger partial charge in [-0.3, -0.25) is 4.68 Å². The third-order valence-electron chi connectivity index (χ3n) is 3.28. The molecule has 2 heterocycles. The van der Waals surface area contributed by atoms with Crippen molar-refractivity contribution in [3.8, 4) is 0 Å². The van der Waals surface area contributed by atoms with Gasteiger partial charge in [-0.1, -0.05) is 0 Å². The van der Waals surface area contributed by atoms with Crippen molar-refractivity contribution in [3.05, 3.63) is 12.4 Å². The standard InChI is InChI=1S/C12H21N3O4S/c16-5-2-4-15-9-12(8-13-15)20(17,18)14-7-11-3-1-6-19-10-11/h8-9,11,14,16H,1-7,10H2. The number of sulfonamides is 1. The Labute approximate surface area is 119 Å². The largest absolute Gasteiger partial charge is 0.396 e. The summed E-state index contributed by atoms with van der Waals surface area (Å²) >= 11 is 0. The molecule has 1 unspecified atom stereocenters. The highest BCUT2D eigenvalue weighted by atomic mass is 32.2. The monoisotopic (exact) mass is 303 g/mol. The number of aromatic nitrogens is 2. The summed E-state index contributed by atoms with van der Waals surface area (Å²) in [7, 11) is -3.52. The molecule has 0 aromatic carbocycles. The van der Waals surface area contributed by atoms with Crippen LogP contribution in [0.15, 0.2) is 17.3 Å². The van der Waals surface area contributed by atoms with Crippen LogP contribution in [-0.4, -0.2) is 49.7 Å². The van der Waals surface area contributed by atoms with Gasteiger partial charge in [0, 0.05) is 32.5 Å². The molecule has 7 nitrogen and oxygen atoms in total. The maximum Gasteiger partial charge on any atom is 0.243 e. The quantitative estimate of drug-likeness (QED) is 0.738. The van der Waals surface area contributed by atoms with Crippen LogP contribution >= 0.6 is 0 Å². The zero-order valence-corrected chi connectivity index (χ0v) is 12.2. The molecule has 1 atom stereocenters. The molecule has 8 heteroatoms. The molecule has 1 saturated heterocycles. The first-order valence-corrected chi connectivity index (χ1v) is 8.31. The summed E-state index contributed by atoms with van der Waals surface area (Å²) < 4.78 is 33.7. The summed E-state index contributed by atoms with van der Waals surface area (Å²) in [5.74, 6) is 0.239. The topological polar surface area (TPSA) is 93.5 Å². The summed E-state index contributed by atoms with van der Waals surface area (Å²) in [6.45, 7) is 2.33. The van der Waals surface area contributed by atoms with Crippen LogP contribution < -0.4 is 4.72 Å². The van der Waals surface area contributed by atoms with Gasteiger partial charge in [-0.15, -0.1) is 0 Å². The van der Waals surface area contributed by atoms with E-state index in [0.717, 1.165) is 19.4 Å². The molecular weight excluding hydrogens is 282 g/mol. The average Bonchev–Trinajstić information content (AvgIpc) is 2.94. The lowest BCUT2D eigenvalue weighted by atomic mass is 10.0. The van der Waals surface area contributed by atoms with Crippen LogP contribution in [0, 0.1) is 5.92 Å². The van der Waals surface area contributed by atoms with Gasteiger partial charge in [0.05, 0.1) is 12.8 Å². The van der Waals surface area contributed by atoms with Gasteiger partial charge in [0.25, 0.3) is 0 Å². The fraction of sp³-hybridized carbons (Fsp3) is 0.750. The molecule has 0 spiro atoms. The molecule has 0 aliphatic carbocycles. The lowest BCUT2D eigenvalue weighted by molar-refractivity contribution is 0.0568. The first-order valence-electron chi connectivity index (χ1n) is 6.82. The molecule has 1 fully saturated rings. The van der Waals surface area contributed by atoms with E-state index in [1.54, 1.807) is 0 Å². The Morgan fingerprint density at radius 2 is 2.40 bits per heavy atom. The zero-order chi connectivity index (χ0) is 14.4. The first-order chi connectivity index (χ1) is 9.62. The maximum atomic E-state index is 12.1. The van der Waals surface area contributed by atoms with Crippen molar-refractivity contribution in [3.63, 3.8) is 0 Å². The number of aliphatic hydroxyl groups is 1. The molecule has 2 rings (SSSR count). The fourth-order valence-electron chi connectivity index (χ4n) is 2.12. The van der Waals surface area contributed by atoms with E-state index in [2.05, 4.69) is 9.82 Å². The zero-order valence-electron chi connectivity index (χ0n) is 11.4. The van der Waals surface area contributed by atoms with E-state index < -0.39 is 10.0 Å². The smallest absolute Gasteiger partial charge is 0.243 e. The molecule has 0 saturated carbocycles. The van der Waals surface area contributed by atoms with Gasteiger partial charge in [0.15, 0.2) is 0 Å². The highest BCUT2D eigenvalue weighted by Gasteiger charge is 2.20. The van der Waals surface area contributed by atoms with Gasteiger partial charge in [0.1, 0.15) is 4.90 Å². The molecular formula is C12H21N3O4S. The van der Waals surface area contributed by atoms with Gasteiger partial charge < -0.3 is 9.84 Å². The van der Waals surface area contributed by atoms with E-state index in [4.69, 9.17) is 9.84 Å². The number of aliphatic hydroxyl groups excluding tert-OH is 1. The van der Waals surface area contributed by atoms with Gasteiger partial charge in [0.2, 0.25) is 10.0 Å². The van der Waals surface area contributed by atoms with Gasteiger partial charge >= 0.3 is 0 Å². The van der Waals surface area contributed by atoms with Crippen molar-refractivity contribution in [2.24, 2.45) is 5.92 Å². The second-order valence-electron chi connectivity index (χ2n) is 4.95. The van der Waals surface area contributed by atoms with Crippen molar-refractivity contribution < 1.29 is 18.3 Å². The Kier molecular flexibility index (Phi) is 5.53. The van der Waals surface area contributed by atoms with Crippen LogP contribution in [0.4, 0.5) is 0 Å². The Morgan fingerprint density at radius 3 is 3.10 bits per heavy atom. The molecule has 0 amide bonds. The average molecular weight is 303 g/mol. The molecule has 114 valence electrons. The van der Waals surface area contributed by atoms with Crippen molar-refractivity contribution in [1.29, 1.82) is 0 Å². The molecule has 0 radical (unpaired) electrons. The van der Waals surface area contributed by atoms with Crippen LogP contribution in [-0.2, 0) is 21.3 Å². The van der Waals surface area contributed by atoms with E-state index in [0.29, 0.717) is 26.1 Å². The van der Waals surface area contributed by atoms with Crippen molar-refractivity contribution in [2.45, 2.75) is 30.7 Å². The fourth-order valence-corrected chi connectivity index (χ4v) is 3.19. The number of rotatable bonds is 7. The second kappa shape index (κ2) is 7.16. The summed E-state index contributed by atoms with van der Waals surface area (Å²) in [6, 6.07) is 0. The van der Waals surface area contributed by atoms with E-state index >= 15 is 0 Å². The SMILES string of the molecule is O=S(=O)(NCC1CCCOC1)c1cnn(CCCO)c1. The minimum atomic E-state index is -3.52. The molecule has 1 aromatic rings. The Morgan fingerprint density at radius 1 is 1.55 bits per heavy atom. The number of hydrogen-bond acceptors (Lipinski definition) is 5. The predicted molar refractivity (Wildman–Crippen MR) is 72.7 cm³/mol. The maximum absolute atomic E-state index is 12.1. The van der Waals surface area contributed by atoms with Gasteiger partial charge in [-0.05, 0) is 25.2 Å². The lowest BCUT2D eigenvalue weighted by Crippen LogP contribution is -2.33. The number of hydrogen-bond donors (Lipinski definition) is 2. The number of nitrogens with zero attached hydrogens (tertiary/aromatic N) is 2. The molecule has 1 aromatic heterocycles.